The molecule has 0 aliphatic rings. The standard InChI is InChI=1S/C22H18Cl2N2/c1-14-15(2)26(13-16-8-9-19(23)20(24)12-16)22-18(14)10-11-25-21(22)17-6-4-3-5-7-17/h3-12H,13H2,1-2H3. The van der Waals surface area contributed by atoms with Crippen LogP contribution in [0.1, 0.15) is 16.8 Å². The van der Waals surface area contributed by atoms with Crippen molar-refractivity contribution < 1.29 is 0 Å². The molecule has 2 heterocycles. The van der Waals surface area contributed by atoms with Gasteiger partial charge in [-0.1, -0.05) is 59.6 Å². The van der Waals surface area contributed by atoms with Crippen LogP contribution in [0, 0.1) is 13.8 Å². The largest absolute Gasteiger partial charge is 0.338 e. The summed E-state index contributed by atoms with van der Waals surface area (Å²) in [7, 11) is 0. The van der Waals surface area contributed by atoms with Crippen LogP contribution in [0.4, 0.5) is 0 Å². The summed E-state index contributed by atoms with van der Waals surface area (Å²) in [6.07, 6.45) is 1.89. The van der Waals surface area contributed by atoms with E-state index in [2.05, 4.69) is 36.6 Å². The van der Waals surface area contributed by atoms with Crippen molar-refractivity contribution in [3.05, 3.63) is 87.7 Å². The first-order valence-corrected chi connectivity index (χ1v) is 9.25. The van der Waals surface area contributed by atoms with Gasteiger partial charge in [0.2, 0.25) is 0 Å². The SMILES string of the molecule is Cc1c(C)n(Cc2ccc(Cl)c(Cl)c2)c2c(-c3ccccc3)nccc12. The zero-order valence-corrected chi connectivity index (χ0v) is 16.1. The van der Waals surface area contributed by atoms with Crippen molar-refractivity contribution >= 4 is 34.1 Å². The first-order chi connectivity index (χ1) is 12.6. The maximum absolute atomic E-state index is 6.22. The van der Waals surface area contributed by atoms with Gasteiger partial charge in [-0.15, -0.1) is 0 Å². The smallest absolute Gasteiger partial charge is 0.0945 e. The second kappa shape index (κ2) is 6.79. The zero-order valence-electron chi connectivity index (χ0n) is 14.6. The van der Waals surface area contributed by atoms with Crippen LogP contribution < -0.4 is 0 Å². The molecule has 0 bridgehead atoms. The van der Waals surface area contributed by atoms with E-state index in [9.17, 15) is 0 Å². The van der Waals surface area contributed by atoms with Gasteiger partial charge in [-0.25, -0.2) is 0 Å². The molecule has 0 amide bonds. The molecule has 2 aromatic carbocycles. The van der Waals surface area contributed by atoms with Gasteiger partial charge < -0.3 is 4.57 Å². The quantitative estimate of drug-likeness (QED) is 0.387. The maximum Gasteiger partial charge on any atom is 0.0945 e. The van der Waals surface area contributed by atoms with Crippen LogP contribution in [0.2, 0.25) is 10.0 Å². The van der Waals surface area contributed by atoms with E-state index in [-0.39, 0.29) is 0 Å². The molecule has 4 heteroatoms. The van der Waals surface area contributed by atoms with E-state index in [0.717, 1.165) is 28.9 Å². The highest BCUT2D eigenvalue weighted by Gasteiger charge is 2.16. The molecule has 0 spiro atoms. The van der Waals surface area contributed by atoms with Gasteiger partial charge in [-0.3, -0.25) is 4.98 Å². The Kier molecular flexibility index (Phi) is 4.47. The van der Waals surface area contributed by atoms with Crippen molar-refractivity contribution in [2.45, 2.75) is 20.4 Å². The minimum absolute atomic E-state index is 0.576. The molecule has 0 unspecified atom stereocenters. The molecule has 4 rings (SSSR count). The number of pyridine rings is 1. The van der Waals surface area contributed by atoms with Gasteiger partial charge in [0.1, 0.15) is 0 Å². The molecule has 0 fully saturated rings. The molecule has 0 saturated heterocycles. The predicted molar refractivity (Wildman–Crippen MR) is 110 cm³/mol. The normalized spacial score (nSPS) is 11.2. The number of hydrogen-bond donors (Lipinski definition) is 0. The Morgan fingerprint density at radius 3 is 2.42 bits per heavy atom. The summed E-state index contributed by atoms with van der Waals surface area (Å²) in [5.74, 6) is 0. The molecule has 0 aliphatic carbocycles. The molecule has 0 radical (unpaired) electrons. The molecule has 0 saturated carbocycles. The van der Waals surface area contributed by atoms with Crippen LogP contribution >= 0.6 is 23.2 Å². The number of aromatic nitrogens is 2. The van der Waals surface area contributed by atoms with Crippen molar-refractivity contribution in [1.82, 2.24) is 9.55 Å². The predicted octanol–water partition coefficient (Wildman–Crippen LogP) is 6.68. The number of nitrogens with zero attached hydrogens (tertiary/aromatic N) is 2. The van der Waals surface area contributed by atoms with E-state index >= 15 is 0 Å². The van der Waals surface area contributed by atoms with Gasteiger partial charge in [0.25, 0.3) is 0 Å². The number of aryl methyl sites for hydroxylation is 1. The first-order valence-electron chi connectivity index (χ1n) is 8.50. The van der Waals surface area contributed by atoms with Gasteiger partial charge in [-0.2, -0.15) is 0 Å². The van der Waals surface area contributed by atoms with Crippen LogP contribution in [-0.2, 0) is 6.54 Å². The van der Waals surface area contributed by atoms with E-state index in [4.69, 9.17) is 28.2 Å². The Morgan fingerprint density at radius 1 is 0.923 bits per heavy atom. The van der Waals surface area contributed by atoms with Crippen LogP contribution in [0.3, 0.4) is 0 Å². The van der Waals surface area contributed by atoms with Gasteiger partial charge in [0, 0.05) is 29.4 Å². The fourth-order valence-electron chi connectivity index (χ4n) is 3.42. The van der Waals surface area contributed by atoms with Gasteiger partial charge in [0.05, 0.1) is 21.3 Å². The molecule has 0 aliphatic heterocycles. The van der Waals surface area contributed by atoms with Crippen molar-refractivity contribution in [2.24, 2.45) is 0 Å². The fourth-order valence-corrected chi connectivity index (χ4v) is 3.74. The third-order valence-corrected chi connectivity index (χ3v) is 5.66. The number of fused-ring (bicyclic) bond motifs is 1. The van der Waals surface area contributed by atoms with Crippen molar-refractivity contribution in [1.29, 1.82) is 0 Å². The van der Waals surface area contributed by atoms with E-state index in [1.807, 2.05) is 42.6 Å². The maximum atomic E-state index is 6.22. The zero-order chi connectivity index (χ0) is 18.3. The average Bonchev–Trinajstić information content (AvgIpc) is 2.90. The second-order valence-corrected chi connectivity index (χ2v) is 7.28. The highest BCUT2D eigenvalue weighted by Crippen LogP contribution is 2.33. The van der Waals surface area contributed by atoms with E-state index in [1.165, 1.54) is 16.6 Å². The Labute approximate surface area is 163 Å². The molecule has 130 valence electrons. The summed E-state index contributed by atoms with van der Waals surface area (Å²) in [6, 6.07) is 18.2. The van der Waals surface area contributed by atoms with Crippen molar-refractivity contribution in [3.63, 3.8) is 0 Å². The minimum atomic E-state index is 0.576. The second-order valence-electron chi connectivity index (χ2n) is 6.47. The third-order valence-electron chi connectivity index (χ3n) is 4.92. The van der Waals surface area contributed by atoms with Crippen LogP contribution in [0.5, 0.6) is 0 Å². The number of benzene rings is 2. The topological polar surface area (TPSA) is 17.8 Å². The Morgan fingerprint density at radius 2 is 1.69 bits per heavy atom. The van der Waals surface area contributed by atoms with E-state index < -0.39 is 0 Å². The third kappa shape index (κ3) is 2.90. The molecule has 2 aromatic heterocycles. The lowest BCUT2D eigenvalue weighted by Crippen LogP contribution is -2.03. The average molecular weight is 381 g/mol. The Bertz CT molecular complexity index is 1100. The molecule has 2 nitrogen and oxygen atoms in total. The van der Waals surface area contributed by atoms with E-state index in [1.54, 1.807) is 0 Å². The summed E-state index contributed by atoms with van der Waals surface area (Å²) in [6.45, 7) is 5.04. The van der Waals surface area contributed by atoms with Crippen LogP contribution in [-0.4, -0.2) is 9.55 Å². The molecule has 4 aromatic rings. The van der Waals surface area contributed by atoms with Crippen molar-refractivity contribution in [2.75, 3.05) is 0 Å². The highest BCUT2D eigenvalue weighted by molar-refractivity contribution is 6.42. The number of hydrogen-bond acceptors (Lipinski definition) is 1. The lowest BCUT2D eigenvalue weighted by molar-refractivity contribution is 0.800. The fraction of sp³-hybridized carbons (Fsp3) is 0.136. The first kappa shape index (κ1) is 17.1. The van der Waals surface area contributed by atoms with Gasteiger partial charge in [-0.05, 0) is 43.2 Å². The Balaban J connectivity index is 1.94. The summed E-state index contributed by atoms with van der Waals surface area (Å²) < 4.78 is 2.32. The summed E-state index contributed by atoms with van der Waals surface area (Å²) >= 11 is 12.3. The molecule has 0 atom stereocenters. The van der Waals surface area contributed by atoms with Gasteiger partial charge in [0.15, 0.2) is 0 Å². The van der Waals surface area contributed by atoms with Crippen LogP contribution in [0.15, 0.2) is 60.8 Å². The lowest BCUT2D eigenvalue weighted by Gasteiger charge is -2.12. The Hall–Kier alpha value is -2.29. The highest BCUT2D eigenvalue weighted by atomic mass is 35.5. The monoisotopic (exact) mass is 380 g/mol. The minimum Gasteiger partial charge on any atom is -0.338 e. The molecule has 0 N–H and O–H groups in total. The number of halogens is 2. The van der Waals surface area contributed by atoms with Crippen LogP contribution in [0.25, 0.3) is 22.2 Å². The summed E-state index contributed by atoms with van der Waals surface area (Å²) in [4.78, 5) is 4.70. The molecule has 26 heavy (non-hydrogen) atoms. The summed E-state index contributed by atoms with van der Waals surface area (Å²) in [5, 5.41) is 2.39. The van der Waals surface area contributed by atoms with E-state index in [0.29, 0.717) is 10.0 Å². The summed E-state index contributed by atoms with van der Waals surface area (Å²) in [5.41, 5.74) is 6.89. The number of rotatable bonds is 3. The molecular formula is C22H18Cl2N2. The molecular weight excluding hydrogens is 363 g/mol. The lowest BCUT2D eigenvalue weighted by atomic mass is 10.1. The van der Waals surface area contributed by atoms with Gasteiger partial charge >= 0.3 is 0 Å². The van der Waals surface area contributed by atoms with Crippen molar-refractivity contribution in [3.8, 4) is 11.3 Å².